The molecule has 0 amide bonds. The van der Waals surface area contributed by atoms with E-state index in [9.17, 15) is 0 Å². The monoisotopic (exact) mass is 544 g/mol. The number of hydrogen-bond acceptors (Lipinski definition) is 0. The third-order valence-corrected chi connectivity index (χ3v) is 5.22. The summed E-state index contributed by atoms with van der Waals surface area (Å²) in [4.78, 5) is 0. The zero-order chi connectivity index (χ0) is 21.6. The summed E-state index contributed by atoms with van der Waals surface area (Å²) in [6.07, 6.45) is 3.36. The van der Waals surface area contributed by atoms with Crippen molar-refractivity contribution in [2.24, 2.45) is 5.92 Å². The Labute approximate surface area is 216 Å². The van der Waals surface area contributed by atoms with Crippen LogP contribution in [-0.2, 0) is 23.3 Å². The van der Waals surface area contributed by atoms with Gasteiger partial charge in [-0.25, -0.2) is 5.57 Å². The first kappa shape index (κ1) is 30.2. The molecule has 0 nitrogen and oxygen atoms in total. The van der Waals surface area contributed by atoms with Gasteiger partial charge < -0.3 is 24.8 Å². The van der Waals surface area contributed by atoms with Crippen LogP contribution in [0.2, 0.25) is 13.1 Å². The van der Waals surface area contributed by atoms with Gasteiger partial charge in [0, 0.05) is 0 Å². The predicted molar refractivity (Wildman–Crippen MR) is 127 cm³/mol. The Bertz CT molecular complexity index is 1040. The fraction of sp³-hybridized carbons (Fsp3) is 0.296. The van der Waals surface area contributed by atoms with E-state index in [4.69, 9.17) is 0 Å². The molecule has 0 saturated heterocycles. The SMILES string of the molecule is CC1=[C-]C(C)C(C)=C1C.C[Si](C)=[Zr+2].Cc1cc2c(-c3ccccc3)cccc2[cH-]1.[Cl-].[Cl-]. The summed E-state index contributed by atoms with van der Waals surface area (Å²) in [5.74, 6) is 0.560. The van der Waals surface area contributed by atoms with Crippen LogP contribution in [0.15, 0.2) is 77.4 Å². The molecule has 3 aromatic rings. The summed E-state index contributed by atoms with van der Waals surface area (Å²) in [6, 6.07) is 21.6. The van der Waals surface area contributed by atoms with Crippen LogP contribution in [0.1, 0.15) is 33.3 Å². The summed E-state index contributed by atoms with van der Waals surface area (Å²) in [5.41, 5.74) is 8.40. The van der Waals surface area contributed by atoms with Crippen LogP contribution in [0.3, 0.4) is 0 Å². The van der Waals surface area contributed by atoms with Gasteiger partial charge in [-0.2, -0.15) is 17.2 Å². The largest absolute Gasteiger partial charge is 1.00 e. The zero-order valence-electron chi connectivity index (χ0n) is 19.6. The maximum atomic E-state index is 3.36. The molecule has 0 heterocycles. The molecule has 0 saturated carbocycles. The van der Waals surface area contributed by atoms with Crippen molar-refractivity contribution in [1.82, 2.24) is 0 Å². The summed E-state index contributed by atoms with van der Waals surface area (Å²) in [6.45, 7) is 15.4. The molecule has 0 bridgehead atoms. The molecule has 3 aromatic carbocycles. The van der Waals surface area contributed by atoms with Crippen LogP contribution in [0.4, 0.5) is 0 Å². The molecule has 1 atom stereocenters. The third kappa shape index (κ3) is 8.93. The Balaban J connectivity index is 0.000000516. The second kappa shape index (κ2) is 14.4. The maximum absolute atomic E-state index is 3.36. The van der Waals surface area contributed by atoms with E-state index in [1.54, 1.807) is 23.3 Å². The van der Waals surface area contributed by atoms with Gasteiger partial charge in [0.05, 0.1) is 0 Å². The fourth-order valence-corrected chi connectivity index (χ4v) is 3.42. The van der Waals surface area contributed by atoms with Gasteiger partial charge in [-0.1, -0.05) is 75.6 Å². The summed E-state index contributed by atoms with van der Waals surface area (Å²) >= 11 is 1.74. The molecule has 0 radical (unpaired) electrons. The first-order valence-corrected chi connectivity index (χ1v) is 16.4. The summed E-state index contributed by atoms with van der Waals surface area (Å²) in [5, 5.41) is 2.69. The van der Waals surface area contributed by atoms with Gasteiger partial charge in [0.25, 0.3) is 0 Å². The molecular weight excluding hydrogens is 515 g/mol. The molecule has 4 heteroatoms. The molecular formula is C27H32Cl2SiZr-2. The predicted octanol–water partition coefficient (Wildman–Crippen LogP) is 2.05. The molecule has 4 rings (SSSR count). The van der Waals surface area contributed by atoms with E-state index in [0.29, 0.717) is 5.92 Å². The van der Waals surface area contributed by atoms with Crippen molar-refractivity contribution >= 4 is 16.2 Å². The average Bonchev–Trinajstić information content (AvgIpc) is 3.16. The van der Waals surface area contributed by atoms with Crippen molar-refractivity contribution in [2.45, 2.75) is 47.7 Å². The number of rotatable bonds is 1. The second-order valence-electron chi connectivity index (χ2n) is 8.01. The van der Waals surface area contributed by atoms with Crippen molar-refractivity contribution in [3.8, 4) is 11.1 Å². The van der Waals surface area contributed by atoms with Crippen LogP contribution in [0, 0.1) is 18.9 Å². The second-order valence-corrected chi connectivity index (χ2v) is 17.4. The molecule has 31 heavy (non-hydrogen) atoms. The van der Waals surface area contributed by atoms with Crippen molar-refractivity contribution in [3.63, 3.8) is 0 Å². The minimum atomic E-state index is 0. The van der Waals surface area contributed by atoms with Gasteiger partial charge in [0.2, 0.25) is 0 Å². The summed E-state index contributed by atoms with van der Waals surface area (Å²) < 4.78 is 0. The van der Waals surface area contributed by atoms with Gasteiger partial charge in [-0.05, 0) is 5.56 Å². The molecule has 164 valence electrons. The van der Waals surface area contributed by atoms with Gasteiger partial charge in [0.1, 0.15) is 0 Å². The van der Waals surface area contributed by atoms with Crippen LogP contribution in [0.25, 0.3) is 21.9 Å². The van der Waals surface area contributed by atoms with E-state index in [0.717, 1.165) is 0 Å². The minimum Gasteiger partial charge on any atom is -1.00 e. The van der Waals surface area contributed by atoms with E-state index >= 15 is 0 Å². The molecule has 1 aliphatic carbocycles. The van der Waals surface area contributed by atoms with Crippen molar-refractivity contribution in [1.29, 1.82) is 0 Å². The Kier molecular flexibility index (Phi) is 14.0. The zero-order valence-corrected chi connectivity index (χ0v) is 24.6. The summed E-state index contributed by atoms with van der Waals surface area (Å²) in [7, 11) is 0. The number of fused-ring (bicyclic) bond motifs is 1. The number of hydrogen-bond donors (Lipinski definition) is 0. The van der Waals surface area contributed by atoms with Crippen LogP contribution in [0.5, 0.6) is 0 Å². The van der Waals surface area contributed by atoms with Crippen LogP contribution < -0.4 is 24.8 Å². The van der Waals surface area contributed by atoms with Crippen LogP contribution in [-0.4, -0.2) is 5.43 Å². The molecule has 0 spiro atoms. The molecule has 0 aromatic heterocycles. The van der Waals surface area contributed by atoms with E-state index in [1.165, 1.54) is 44.2 Å². The first-order valence-electron chi connectivity index (χ1n) is 10.2. The van der Waals surface area contributed by atoms with E-state index in [-0.39, 0.29) is 30.2 Å². The molecule has 0 aliphatic heterocycles. The Hall–Kier alpha value is -0.790. The van der Waals surface area contributed by atoms with E-state index < -0.39 is 0 Å². The molecule has 1 aliphatic rings. The number of aryl methyl sites for hydroxylation is 1. The van der Waals surface area contributed by atoms with Crippen LogP contribution >= 0.6 is 0 Å². The number of halogens is 2. The minimum absolute atomic E-state index is 0. The van der Waals surface area contributed by atoms with Crippen molar-refractivity contribution in [3.05, 3.63) is 89.0 Å². The average molecular weight is 547 g/mol. The van der Waals surface area contributed by atoms with Gasteiger partial charge >= 0.3 is 41.9 Å². The van der Waals surface area contributed by atoms with Gasteiger partial charge in [0.15, 0.2) is 0 Å². The van der Waals surface area contributed by atoms with Gasteiger partial charge in [-0.15, -0.1) is 41.5 Å². The first-order chi connectivity index (χ1) is 13.7. The number of allylic oxidation sites excluding steroid dienone is 4. The topological polar surface area (TPSA) is 0 Å². The Morgan fingerprint density at radius 2 is 1.48 bits per heavy atom. The van der Waals surface area contributed by atoms with Crippen molar-refractivity contribution in [2.75, 3.05) is 0 Å². The smallest absolute Gasteiger partial charge is 0.0279 e. The third-order valence-electron chi connectivity index (χ3n) is 5.22. The number of benzene rings is 2. The molecule has 0 N–H and O–H groups in total. The quantitative estimate of drug-likeness (QED) is 0.324. The molecule has 1 unspecified atom stereocenters. The maximum Gasteiger partial charge on any atom is -0.0279 e. The standard InChI is InChI=1S/C16H13.C9H13.C2H6Si.2ClH.Zr/c1-12-10-14-8-5-9-15(16(14)11-12)13-6-3-2-4-7-13;1-6-5-7(2)9(4)8(6)3;1-3-2;;;/h2-11H,1H3;6H,1-4H3;1-2H3;2*1H;/q2*-1;;;;+2/p-2. The fourth-order valence-electron chi connectivity index (χ4n) is 3.42. The van der Waals surface area contributed by atoms with Gasteiger partial charge in [-0.3, -0.25) is 6.08 Å². The Morgan fingerprint density at radius 1 is 0.903 bits per heavy atom. The Morgan fingerprint density at radius 3 is 1.94 bits per heavy atom. The van der Waals surface area contributed by atoms with E-state index in [2.05, 4.69) is 114 Å². The normalized spacial score (nSPS) is 14.4. The van der Waals surface area contributed by atoms with Crippen molar-refractivity contribution < 1.29 is 48.1 Å². The molecule has 0 fully saturated rings. The van der Waals surface area contributed by atoms with E-state index in [1.807, 2.05) is 0 Å².